The molecule has 2 aromatic rings. The van der Waals surface area contributed by atoms with Gasteiger partial charge < -0.3 is 9.84 Å². The highest BCUT2D eigenvalue weighted by Crippen LogP contribution is 2.28. The molecule has 20 heavy (non-hydrogen) atoms. The summed E-state index contributed by atoms with van der Waals surface area (Å²) < 4.78 is 5.57. The van der Waals surface area contributed by atoms with E-state index in [0.717, 1.165) is 36.1 Å². The second-order valence-electron chi connectivity index (χ2n) is 4.78. The van der Waals surface area contributed by atoms with Crippen LogP contribution < -0.4 is 0 Å². The van der Waals surface area contributed by atoms with E-state index < -0.39 is 5.97 Å². The zero-order chi connectivity index (χ0) is 13.9. The number of pyridine rings is 1. The molecule has 4 nitrogen and oxygen atoms in total. The smallest absolute Gasteiger partial charge is 0.338 e. The minimum Gasteiger partial charge on any atom is -0.478 e. The number of para-hydroxylation sites is 1. The topological polar surface area (TPSA) is 59.4 Å². The lowest BCUT2D eigenvalue weighted by atomic mass is 10.1. The second-order valence-corrected chi connectivity index (χ2v) is 5.79. The fourth-order valence-corrected chi connectivity index (χ4v) is 3.38. The predicted octanol–water partition coefficient (Wildman–Crippen LogP) is 3.20. The van der Waals surface area contributed by atoms with Gasteiger partial charge >= 0.3 is 5.97 Å². The highest BCUT2D eigenvalue weighted by molar-refractivity contribution is 7.99. The molecule has 1 aliphatic rings. The van der Waals surface area contributed by atoms with Crippen molar-refractivity contribution in [2.24, 2.45) is 0 Å². The largest absolute Gasteiger partial charge is 0.478 e. The van der Waals surface area contributed by atoms with E-state index in [4.69, 9.17) is 4.74 Å². The zero-order valence-corrected chi connectivity index (χ0v) is 11.7. The number of ether oxygens (including phenoxy) is 1. The Kier molecular flexibility index (Phi) is 3.89. The Morgan fingerprint density at radius 3 is 3.05 bits per heavy atom. The third kappa shape index (κ3) is 2.78. The summed E-state index contributed by atoms with van der Waals surface area (Å²) in [6.07, 6.45) is 2.35. The second kappa shape index (κ2) is 5.81. The molecule has 0 amide bonds. The summed E-state index contributed by atoms with van der Waals surface area (Å²) in [5.41, 5.74) is 1.10. The zero-order valence-electron chi connectivity index (χ0n) is 10.9. The predicted molar refractivity (Wildman–Crippen MR) is 78.4 cm³/mol. The monoisotopic (exact) mass is 289 g/mol. The number of aromatic nitrogens is 1. The first-order valence-corrected chi connectivity index (χ1v) is 7.60. The number of rotatable bonds is 4. The van der Waals surface area contributed by atoms with Crippen molar-refractivity contribution in [1.29, 1.82) is 0 Å². The van der Waals surface area contributed by atoms with Crippen LogP contribution >= 0.6 is 11.8 Å². The van der Waals surface area contributed by atoms with Gasteiger partial charge in [0.1, 0.15) is 5.03 Å². The highest BCUT2D eigenvalue weighted by atomic mass is 32.2. The first-order valence-electron chi connectivity index (χ1n) is 6.61. The normalized spacial score (nSPS) is 18.5. The van der Waals surface area contributed by atoms with Crippen LogP contribution in [-0.2, 0) is 4.74 Å². The molecule has 0 bridgehead atoms. The van der Waals surface area contributed by atoms with Crippen molar-refractivity contribution in [2.75, 3.05) is 12.4 Å². The quantitative estimate of drug-likeness (QED) is 0.876. The van der Waals surface area contributed by atoms with Crippen molar-refractivity contribution in [3.63, 3.8) is 0 Å². The summed E-state index contributed by atoms with van der Waals surface area (Å²) in [5.74, 6) is -0.177. The van der Waals surface area contributed by atoms with Gasteiger partial charge in [-0.3, -0.25) is 0 Å². The number of thioether (sulfide) groups is 1. The number of hydrogen-bond donors (Lipinski definition) is 1. The molecule has 1 fully saturated rings. The molecule has 1 unspecified atom stereocenters. The van der Waals surface area contributed by atoms with Gasteiger partial charge in [-0.05, 0) is 25.0 Å². The lowest BCUT2D eigenvalue weighted by molar-refractivity contribution is 0.0692. The Morgan fingerprint density at radius 1 is 1.45 bits per heavy atom. The Bertz CT molecular complexity index is 638. The molecule has 104 valence electrons. The van der Waals surface area contributed by atoms with Crippen LogP contribution in [0, 0.1) is 0 Å². The van der Waals surface area contributed by atoms with Gasteiger partial charge in [0.15, 0.2) is 0 Å². The molecule has 2 heterocycles. The van der Waals surface area contributed by atoms with Crippen molar-refractivity contribution >= 4 is 28.6 Å². The standard InChI is InChI=1S/C15H15NO3S/c17-15(18)12-8-10-4-1-2-6-13(10)16-14(12)20-9-11-5-3-7-19-11/h1-2,4,6,8,11H,3,5,7,9H2,(H,17,18). The van der Waals surface area contributed by atoms with E-state index in [0.29, 0.717) is 5.03 Å². The van der Waals surface area contributed by atoms with Crippen LogP contribution in [0.3, 0.4) is 0 Å². The lowest BCUT2D eigenvalue weighted by Gasteiger charge is -2.10. The molecule has 0 saturated carbocycles. The fourth-order valence-electron chi connectivity index (χ4n) is 2.31. The van der Waals surface area contributed by atoms with Gasteiger partial charge in [0, 0.05) is 17.7 Å². The number of carbonyl (C=O) groups is 1. The molecule has 1 aromatic heterocycles. The molecule has 1 aliphatic heterocycles. The Morgan fingerprint density at radius 2 is 2.30 bits per heavy atom. The summed E-state index contributed by atoms with van der Waals surface area (Å²) in [6, 6.07) is 9.27. The van der Waals surface area contributed by atoms with E-state index in [1.165, 1.54) is 11.8 Å². The van der Waals surface area contributed by atoms with Gasteiger partial charge in [-0.15, -0.1) is 11.8 Å². The van der Waals surface area contributed by atoms with E-state index in [2.05, 4.69) is 4.98 Å². The minimum absolute atomic E-state index is 0.218. The summed E-state index contributed by atoms with van der Waals surface area (Å²) in [7, 11) is 0. The van der Waals surface area contributed by atoms with Crippen LogP contribution in [0.2, 0.25) is 0 Å². The Balaban J connectivity index is 1.90. The van der Waals surface area contributed by atoms with Gasteiger partial charge in [-0.25, -0.2) is 9.78 Å². The van der Waals surface area contributed by atoms with Crippen molar-refractivity contribution in [3.05, 3.63) is 35.9 Å². The van der Waals surface area contributed by atoms with E-state index in [-0.39, 0.29) is 11.7 Å². The van der Waals surface area contributed by atoms with Crippen LogP contribution in [0.4, 0.5) is 0 Å². The average molecular weight is 289 g/mol. The average Bonchev–Trinajstić information content (AvgIpc) is 2.97. The summed E-state index contributed by atoms with van der Waals surface area (Å²) in [6.45, 7) is 0.808. The van der Waals surface area contributed by atoms with Gasteiger partial charge in [-0.1, -0.05) is 18.2 Å². The molecule has 5 heteroatoms. The third-order valence-electron chi connectivity index (χ3n) is 3.35. The molecule has 0 radical (unpaired) electrons. The van der Waals surface area contributed by atoms with E-state index in [1.807, 2.05) is 24.3 Å². The molecule has 3 rings (SSSR count). The minimum atomic E-state index is -0.932. The third-order valence-corrected chi connectivity index (χ3v) is 4.47. The molecule has 1 saturated heterocycles. The molecule has 1 atom stereocenters. The number of carboxylic acids is 1. The number of hydrogen-bond acceptors (Lipinski definition) is 4. The van der Waals surface area contributed by atoms with E-state index in [9.17, 15) is 9.90 Å². The van der Waals surface area contributed by atoms with Crippen LogP contribution in [0.25, 0.3) is 10.9 Å². The van der Waals surface area contributed by atoms with Gasteiger partial charge in [0.2, 0.25) is 0 Å². The maximum atomic E-state index is 11.4. The maximum absolute atomic E-state index is 11.4. The van der Waals surface area contributed by atoms with E-state index in [1.54, 1.807) is 6.07 Å². The number of fused-ring (bicyclic) bond motifs is 1. The lowest BCUT2D eigenvalue weighted by Crippen LogP contribution is -2.09. The van der Waals surface area contributed by atoms with Crippen molar-refractivity contribution < 1.29 is 14.6 Å². The van der Waals surface area contributed by atoms with Crippen LogP contribution in [0.5, 0.6) is 0 Å². The van der Waals surface area contributed by atoms with Crippen molar-refractivity contribution in [3.8, 4) is 0 Å². The first kappa shape index (κ1) is 13.4. The molecule has 0 spiro atoms. The van der Waals surface area contributed by atoms with Gasteiger partial charge in [0.25, 0.3) is 0 Å². The Hall–Kier alpha value is -1.59. The molecule has 0 aliphatic carbocycles. The Labute approximate surface area is 121 Å². The number of aromatic carboxylic acids is 1. The molecule has 1 N–H and O–H groups in total. The molecular formula is C15H15NO3S. The highest BCUT2D eigenvalue weighted by Gasteiger charge is 2.19. The summed E-state index contributed by atoms with van der Waals surface area (Å²) >= 11 is 1.47. The SMILES string of the molecule is O=C(O)c1cc2ccccc2nc1SCC1CCCO1. The van der Waals surface area contributed by atoms with Gasteiger partial charge in [0.05, 0.1) is 17.2 Å². The molecular weight excluding hydrogens is 274 g/mol. The van der Waals surface area contributed by atoms with Gasteiger partial charge in [-0.2, -0.15) is 0 Å². The summed E-state index contributed by atoms with van der Waals surface area (Å²) in [4.78, 5) is 15.9. The van der Waals surface area contributed by atoms with Crippen LogP contribution in [-0.4, -0.2) is 34.5 Å². The summed E-state index contributed by atoms with van der Waals surface area (Å²) in [5, 5.41) is 10.8. The van der Waals surface area contributed by atoms with Crippen molar-refractivity contribution in [2.45, 2.75) is 24.0 Å². The number of carboxylic acid groups (broad SMARTS) is 1. The molecule has 1 aromatic carbocycles. The maximum Gasteiger partial charge on any atom is 0.338 e. The van der Waals surface area contributed by atoms with Crippen LogP contribution in [0.15, 0.2) is 35.4 Å². The first-order chi connectivity index (χ1) is 9.74. The number of nitrogens with zero attached hydrogens (tertiary/aromatic N) is 1. The number of benzene rings is 1. The fraction of sp³-hybridized carbons (Fsp3) is 0.333. The van der Waals surface area contributed by atoms with E-state index >= 15 is 0 Å². The van der Waals surface area contributed by atoms with Crippen LogP contribution in [0.1, 0.15) is 23.2 Å². The van der Waals surface area contributed by atoms with Crippen molar-refractivity contribution in [1.82, 2.24) is 4.98 Å².